The molecule has 3 rings (SSSR count). The Hall–Kier alpha value is -1.06. The molecule has 2 fully saturated rings. The zero-order valence-electron chi connectivity index (χ0n) is 10.9. The van der Waals surface area contributed by atoms with E-state index in [1.165, 1.54) is 19.4 Å². The van der Waals surface area contributed by atoms with Crippen LogP contribution in [0.5, 0.6) is 0 Å². The van der Waals surface area contributed by atoms with E-state index in [0.717, 1.165) is 24.1 Å². The van der Waals surface area contributed by atoms with Crippen molar-refractivity contribution >= 4 is 17.5 Å². The van der Waals surface area contributed by atoms with Gasteiger partial charge in [0.1, 0.15) is 0 Å². The third-order valence-corrected chi connectivity index (χ3v) is 4.57. The summed E-state index contributed by atoms with van der Waals surface area (Å²) in [5.41, 5.74) is 1.71. The third kappa shape index (κ3) is 2.63. The molecular weight excluding hydrogens is 260 g/mol. The van der Waals surface area contributed by atoms with Gasteiger partial charge in [-0.2, -0.15) is 0 Å². The lowest BCUT2D eigenvalue weighted by Crippen LogP contribution is -2.42. The molecule has 2 heterocycles. The second-order valence-electron chi connectivity index (χ2n) is 5.45. The normalized spacial score (nSPS) is 26.4. The van der Waals surface area contributed by atoms with Crippen molar-refractivity contribution in [3.8, 4) is 0 Å². The second-order valence-corrected chi connectivity index (χ2v) is 5.72. The minimum atomic E-state index is 0.0331. The minimum absolute atomic E-state index is 0.0331. The number of amides is 1. The van der Waals surface area contributed by atoms with Crippen LogP contribution >= 0.6 is 11.6 Å². The zero-order chi connectivity index (χ0) is 13.2. The van der Waals surface area contributed by atoms with Gasteiger partial charge in [-0.1, -0.05) is 12.1 Å². The summed E-state index contributed by atoms with van der Waals surface area (Å²) >= 11 is 5.81. The van der Waals surface area contributed by atoms with Gasteiger partial charge in [0.25, 0.3) is 5.91 Å². The first kappa shape index (κ1) is 12.9. The van der Waals surface area contributed by atoms with E-state index >= 15 is 0 Å². The Morgan fingerprint density at radius 2 is 2.26 bits per heavy atom. The molecule has 1 N–H and O–H groups in total. The molecule has 1 amide bonds. The van der Waals surface area contributed by atoms with Crippen LogP contribution in [-0.4, -0.2) is 36.0 Å². The molecule has 4 heteroatoms. The van der Waals surface area contributed by atoms with Crippen LogP contribution in [0.25, 0.3) is 0 Å². The van der Waals surface area contributed by atoms with Crippen LogP contribution in [-0.2, 0) is 5.88 Å². The zero-order valence-corrected chi connectivity index (χ0v) is 11.7. The Morgan fingerprint density at radius 3 is 3.11 bits per heavy atom. The lowest BCUT2D eigenvalue weighted by atomic mass is 10.1. The number of rotatable bonds is 3. The van der Waals surface area contributed by atoms with Crippen LogP contribution < -0.4 is 5.32 Å². The number of nitrogens with zero attached hydrogens (tertiary/aromatic N) is 1. The van der Waals surface area contributed by atoms with Crippen molar-refractivity contribution in [3.05, 3.63) is 35.4 Å². The molecule has 1 aromatic carbocycles. The Labute approximate surface area is 118 Å². The molecule has 3 nitrogen and oxygen atoms in total. The summed E-state index contributed by atoms with van der Waals surface area (Å²) in [6, 6.07) is 8.44. The highest BCUT2D eigenvalue weighted by molar-refractivity contribution is 6.17. The topological polar surface area (TPSA) is 32.3 Å². The SMILES string of the molecule is O=C(NC1CCN2CCCC12)c1cccc(CCl)c1. The molecular formula is C15H19ClN2O. The molecule has 0 radical (unpaired) electrons. The van der Waals surface area contributed by atoms with E-state index in [2.05, 4.69) is 10.2 Å². The molecule has 1 aromatic rings. The minimum Gasteiger partial charge on any atom is -0.348 e. The van der Waals surface area contributed by atoms with Crippen LogP contribution in [0.4, 0.5) is 0 Å². The average Bonchev–Trinajstić information content (AvgIpc) is 3.04. The highest BCUT2D eigenvalue weighted by Crippen LogP contribution is 2.28. The van der Waals surface area contributed by atoms with Crippen LogP contribution in [0.2, 0.25) is 0 Å². The fourth-order valence-electron chi connectivity index (χ4n) is 3.30. The average molecular weight is 279 g/mol. The Bertz CT molecular complexity index is 477. The van der Waals surface area contributed by atoms with Gasteiger partial charge >= 0.3 is 0 Å². The first-order valence-corrected chi connectivity index (χ1v) is 7.51. The van der Waals surface area contributed by atoms with Crippen molar-refractivity contribution < 1.29 is 4.79 Å². The summed E-state index contributed by atoms with van der Waals surface area (Å²) < 4.78 is 0. The number of hydrogen-bond donors (Lipinski definition) is 1. The maximum atomic E-state index is 12.3. The van der Waals surface area contributed by atoms with E-state index in [-0.39, 0.29) is 5.91 Å². The molecule has 0 aromatic heterocycles. The van der Waals surface area contributed by atoms with Crippen molar-refractivity contribution in [3.63, 3.8) is 0 Å². The summed E-state index contributed by atoms with van der Waals surface area (Å²) in [5.74, 6) is 0.478. The highest BCUT2D eigenvalue weighted by atomic mass is 35.5. The predicted molar refractivity (Wildman–Crippen MR) is 76.5 cm³/mol. The fraction of sp³-hybridized carbons (Fsp3) is 0.533. The fourth-order valence-corrected chi connectivity index (χ4v) is 3.46. The molecule has 0 spiro atoms. The lowest BCUT2D eigenvalue weighted by molar-refractivity contribution is 0.0929. The van der Waals surface area contributed by atoms with Gasteiger partial charge in [-0.05, 0) is 43.5 Å². The van der Waals surface area contributed by atoms with E-state index in [1.807, 2.05) is 24.3 Å². The van der Waals surface area contributed by atoms with E-state index < -0.39 is 0 Å². The first-order chi connectivity index (χ1) is 9.28. The molecule has 2 saturated heterocycles. The van der Waals surface area contributed by atoms with Crippen molar-refractivity contribution in [2.75, 3.05) is 13.1 Å². The van der Waals surface area contributed by atoms with E-state index in [9.17, 15) is 4.79 Å². The molecule has 102 valence electrons. The Morgan fingerprint density at radius 1 is 1.37 bits per heavy atom. The van der Waals surface area contributed by atoms with Gasteiger partial charge in [0.2, 0.25) is 0 Å². The molecule has 2 aliphatic heterocycles. The van der Waals surface area contributed by atoms with Crippen LogP contribution in [0.3, 0.4) is 0 Å². The number of nitrogens with one attached hydrogen (secondary N) is 1. The molecule has 19 heavy (non-hydrogen) atoms. The van der Waals surface area contributed by atoms with Gasteiger partial charge in [0, 0.05) is 30.1 Å². The summed E-state index contributed by atoms with van der Waals surface area (Å²) in [6.45, 7) is 2.32. The van der Waals surface area contributed by atoms with Gasteiger partial charge in [-0.15, -0.1) is 11.6 Å². The van der Waals surface area contributed by atoms with Crippen molar-refractivity contribution in [2.24, 2.45) is 0 Å². The molecule has 0 aliphatic carbocycles. The Kier molecular flexibility index (Phi) is 3.76. The molecule has 0 bridgehead atoms. The Balaban J connectivity index is 1.67. The lowest BCUT2D eigenvalue weighted by Gasteiger charge is -2.21. The van der Waals surface area contributed by atoms with Gasteiger partial charge in [-0.25, -0.2) is 0 Å². The van der Waals surface area contributed by atoms with E-state index in [1.54, 1.807) is 0 Å². The van der Waals surface area contributed by atoms with Gasteiger partial charge in [0.05, 0.1) is 0 Å². The van der Waals surface area contributed by atoms with Crippen LogP contribution in [0.15, 0.2) is 24.3 Å². The summed E-state index contributed by atoms with van der Waals surface area (Å²) in [5, 5.41) is 3.19. The maximum absolute atomic E-state index is 12.3. The highest BCUT2D eigenvalue weighted by Gasteiger charge is 2.37. The number of hydrogen-bond acceptors (Lipinski definition) is 2. The monoisotopic (exact) mass is 278 g/mol. The second kappa shape index (κ2) is 5.51. The maximum Gasteiger partial charge on any atom is 0.251 e. The number of alkyl halides is 1. The van der Waals surface area contributed by atoms with Crippen LogP contribution in [0.1, 0.15) is 35.2 Å². The van der Waals surface area contributed by atoms with Gasteiger partial charge in [0.15, 0.2) is 0 Å². The molecule has 2 unspecified atom stereocenters. The first-order valence-electron chi connectivity index (χ1n) is 6.98. The number of halogens is 1. The largest absolute Gasteiger partial charge is 0.348 e. The summed E-state index contributed by atoms with van der Waals surface area (Å²) in [6.07, 6.45) is 3.55. The smallest absolute Gasteiger partial charge is 0.251 e. The van der Waals surface area contributed by atoms with Gasteiger partial charge < -0.3 is 5.32 Å². The van der Waals surface area contributed by atoms with Gasteiger partial charge in [-0.3, -0.25) is 9.69 Å². The number of carbonyl (C=O) groups is 1. The summed E-state index contributed by atoms with van der Waals surface area (Å²) in [4.78, 5) is 14.8. The number of fused-ring (bicyclic) bond motifs is 1. The number of benzene rings is 1. The molecule has 2 aliphatic rings. The van der Waals surface area contributed by atoms with Crippen molar-refractivity contribution in [1.82, 2.24) is 10.2 Å². The predicted octanol–water partition coefficient (Wildman–Crippen LogP) is 2.39. The number of carbonyl (C=O) groups excluding carboxylic acids is 1. The standard InChI is InChI=1S/C15H19ClN2O/c16-10-11-3-1-4-12(9-11)15(19)17-13-6-8-18-7-2-5-14(13)18/h1,3-4,9,13-14H,2,5-8,10H2,(H,17,19). The van der Waals surface area contributed by atoms with E-state index in [4.69, 9.17) is 11.6 Å². The molecule has 0 saturated carbocycles. The van der Waals surface area contributed by atoms with Crippen LogP contribution in [0, 0.1) is 0 Å². The van der Waals surface area contributed by atoms with Crippen molar-refractivity contribution in [1.29, 1.82) is 0 Å². The molecule has 2 atom stereocenters. The van der Waals surface area contributed by atoms with E-state index in [0.29, 0.717) is 18.0 Å². The summed E-state index contributed by atoms with van der Waals surface area (Å²) in [7, 11) is 0. The quantitative estimate of drug-likeness (QED) is 0.861. The van der Waals surface area contributed by atoms with Crippen molar-refractivity contribution in [2.45, 2.75) is 37.2 Å². The third-order valence-electron chi connectivity index (χ3n) is 4.27.